The molecule has 2 N–H and O–H groups in total. The quantitative estimate of drug-likeness (QED) is 0.690. The zero-order valence-corrected chi connectivity index (χ0v) is 10.3. The zero-order valence-electron chi connectivity index (χ0n) is 10.3. The Labute approximate surface area is 105 Å². The highest BCUT2D eigenvalue weighted by atomic mass is 16.6. The third-order valence-corrected chi connectivity index (χ3v) is 3.72. The summed E-state index contributed by atoms with van der Waals surface area (Å²) in [5.41, 5.74) is 0. The molecule has 18 heavy (non-hydrogen) atoms. The third-order valence-electron chi connectivity index (χ3n) is 3.72. The Bertz CT molecular complexity index is 369. The summed E-state index contributed by atoms with van der Waals surface area (Å²) < 4.78 is 11.3. The molecule has 4 unspecified atom stereocenters. The maximum Gasteiger partial charge on any atom is 0.223 e. The number of carbonyl (C=O) groups excluding carboxylic acids is 2. The van der Waals surface area contributed by atoms with Gasteiger partial charge in [-0.1, -0.05) is 0 Å². The molecular formula is C12H18N2O4. The van der Waals surface area contributed by atoms with Crippen LogP contribution in [0.15, 0.2) is 0 Å². The van der Waals surface area contributed by atoms with Crippen LogP contribution in [0.3, 0.4) is 0 Å². The predicted octanol–water partition coefficient (Wildman–Crippen LogP) is -0.816. The minimum absolute atomic E-state index is 0.0816. The van der Waals surface area contributed by atoms with Crippen molar-refractivity contribution in [3.8, 4) is 0 Å². The number of amides is 2. The van der Waals surface area contributed by atoms with E-state index in [0.29, 0.717) is 13.2 Å². The molecule has 6 nitrogen and oxygen atoms in total. The Morgan fingerprint density at radius 3 is 2.06 bits per heavy atom. The molecule has 3 aliphatic rings. The standard InChI is InChI=1S/C12H18N2O4/c1-6(15)13-8-4-17-11-9(5-18-10(8)11)14-12(16)7-2-3-7/h7-11H,2-5H2,1H3,(H,13,15)(H,14,16). The first-order chi connectivity index (χ1) is 8.65. The Kier molecular flexibility index (Phi) is 2.99. The first-order valence-electron chi connectivity index (χ1n) is 6.46. The highest BCUT2D eigenvalue weighted by Gasteiger charge is 2.49. The highest BCUT2D eigenvalue weighted by Crippen LogP contribution is 2.31. The fraction of sp³-hybridized carbons (Fsp3) is 0.833. The van der Waals surface area contributed by atoms with Crippen molar-refractivity contribution in [2.75, 3.05) is 13.2 Å². The molecule has 0 bridgehead atoms. The zero-order chi connectivity index (χ0) is 12.7. The van der Waals surface area contributed by atoms with Crippen LogP contribution in [-0.4, -0.2) is 49.3 Å². The average Bonchev–Trinajstić information content (AvgIpc) is 2.99. The van der Waals surface area contributed by atoms with Gasteiger partial charge >= 0.3 is 0 Å². The van der Waals surface area contributed by atoms with Gasteiger partial charge in [-0.3, -0.25) is 9.59 Å². The van der Waals surface area contributed by atoms with E-state index in [0.717, 1.165) is 12.8 Å². The Balaban J connectivity index is 1.57. The van der Waals surface area contributed by atoms with Gasteiger partial charge in [0.1, 0.15) is 12.2 Å². The van der Waals surface area contributed by atoms with Crippen LogP contribution in [0.4, 0.5) is 0 Å². The minimum atomic E-state index is -0.140. The second-order valence-corrected chi connectivity index (χ2v) is 5.29. The van der Waals surface area contributed by atoms with Crippen molar-refractivity contribution >= 4 is 11.8 Å². The van der Waals surface area contributed by atoms with Crippen molar-refractivity contribution in [3.63, 3.8) is 0 Å². The van der Waals surface area contributed by atoms with Crippen LogP contribution >= 0.6 is 0 Å². The maximum absolute atomic E-state index is 11.7. The Morgan fingerprint density at radius 1 is 1.00 bits per heavy atom. The lowest BCUT2D eigenvalue weighted by atomic mass is 10.1. The van der Waals surface area contributed by atoms with Crippen molar-refractivity contribution in [3.05, 3.63) is 0 Å². The molecule has 2 amide bonds. The molecule has 3 rings (SSSR count). The molecule has 2 aliphatic heterocycles. The van der Waals surface area contributed by atoms with Crippen molar-refractivity contribution < 1.29 is 19.1 Å². The number of nitrogens with one attached hydrogen (secondary N) is 2. The van der Waals surface area contributed by atoms with Gasteiger partial charge in [-0.05, 0) is 12.8 Å². The lowest BCUT2D eigenvalue weighted by Gasteiger charge is -2.17. The highest BCUT2D eigenvalue weighted by molar-refractivity contribution is 5.81. The van der Waals surface area contributed by atoms with Gasteiger partial charge in [0.05, 0.1) is 25.3 Å². The third kappa shape index (κ3) is 2.22. The molecule has 3 fully saturated rings. The number of ether oxygens (including phenoxy) is 2. The number of carbonyl (C=O) groups is 2. The Morgan fingerprint density at radius 2 is 1.56 bits per heavy atom. The first kappa shape index (κ1) is 11.9. The van der Waals surface area contributed by atoms with Crippen LogP contribution in [-0.2, 0) is 19.1 Å². The van der Waals surface area contributed by atoms with Crippen LogP contribution in [0.1, 0.15) is 19.8 Å². The number of fused-ring (bicyclic) bond motifs is 1. The smallest absolute Gasteiger partial charge is 0.223 e. The molecular weight excluding hydrogens is 236 g/mol. The van der Waals surface area contributed by atoms with E-state index in [9.17, 15) is 9.59 Å². The predicted molar refractivity (Wildman–Crippen MR) is 61.7 cm³/mol. The van der Waals surface area contributed by atoms with E-state index in [2.05, 4.69) is 10.6 Å². The fourth-order valence-electron chi connectivity index (χ4n) is 2.65. The molecule has 2 heterocycles. The van der Waals surface area contributed by atoms with Gasteiger partial charge in [-0.25, -0.2) is 0 Å². The largest absolute Gasteiger partial charge is 0.371 e. The number of hydrogen-bond donors (Lipinski definition) is 2. The van der Waals surface area contributed by atoms with E-state index in [-0.39, 0.29) is 42.0 Å². The molecule has 0 aromatic rings. The number of rotatable bonds is 3. The minimum Gasteiger partial charge on any atom is -0.371 e. The van der Waals surface area contributed by atoms with Gasteiger partial charge in [-0.15, -0.1) is 0 Å². The molecule has 0 radical (unpaired) electrons. The van der Waals surface area contributed by atoms with Crippen molar-refractivity contribution in [2.45, 2.75) is 44.1 Å². The molecule has 4 atom stereocenters. The van der Waals surface area contributed by atoms with Crippen LogP contribution in [0.25, 0.3) is 0 Å². The van der Waals surface area contributed by atoms with E-state index in [1.54, 1.807) is 0 Å². The van der Waals surface area contributed by atoms with Crippen molar-refractivity contribution in [1.29, 1.82) is 0 Å². The summed E-state index contributed by atoms with van der Waals surface area (Å²) in [5.74, 6) is 0.214. The monoisotopic (exact) mass is 254 g/mol. The molecule has 0 aromatic carbocycles. The van der Waals surface area contributed by atoms with Crippen LogP contribution < -0.4 is 10.6 Å². The second-order valence-electron chi connectivity index (χ2n) is 5.29. The summed E-state index contributed by atoms with van der Waals surface area (Å²) in [6.07, 6.45) is 1.70. The number of hydrogen-bond acceptors (Lipinski definition) is 4. The van der Waals surface area contributed by atoms with Gasteiger partial charge in [-0.2, -0.15) is 0 Å². The Hall–Kier alpha value is -1.14. The van der Waals surface area contributed by atoms with Gasteiger partial charge in [0.2, 0.25) is 11.8 Å². The molecule has 1 aliphatic carbocycles. The van der Waals surface area contributed by atoms with Crippen LogP contribution in [0.5, 0.6) is 0 Å². The molecule has 0 aromatic heterocycles. The molecule has 1 saturated carbocycles. The van der Waals surface area contributed by atoms with Gasteiger partial charge < -0.3 is 20.1 Å². The fourth-order valence-corrected chi connectivity index (χ4v) is 2.65. The summed E-state index contributed by atoms with van der Waals surface area (Å²) in [4.78, 5) is 22.8. The van der Waals surface area contributed by atoms with Gasteiger partial charge in [0, 0.05) is 12.8 Å². The first-order valence-corrected chi connectivity index (χ1v) is 6.46. The molecule has 100 valence electrons. The van der Waals surface area contributed by atoms with Crippen molar-refractivity contribution in [1.82, 2.24) is 10.6 Å². The molecule has 2 saturated heterocycles. The van der Waals surface area contributed by atoms with Gasteiger partial charge in [0.15, 0.2) is 0 Å². The van der Waals surface area contributed by atoms with E-state index >= 15 is 0 Å². The van der Waals surface area contributed by atoms with Gasteiger partial charge in [0.25, 0.3) is 0 Å². The van der Waals surface area contributed by atoms with Crippen LogP contribution in [0, 0.1) is 5.92 Å². The molecule has 6 heteroatoms. The van der Waals surface area contributed by atoms with E-state index in [1.807, 2.05) is 0 Å². The second kappa shape index (κ2) is 4.51. The lowest BCUT2D eigenvalue weighted by Crippen LogP contribution is -2.46. The van der Waals surface area contributed by atoms with Crippen LogP contribution in [0.2, 0.25) is 0 Å². The van der Waals surface area contributed by atoms with E-state index in [1.165, 1.54) is 6.92 Å². The average molecular weight is 254 g/mol. The topological polar surface area (TPSA) is 76.7 Å². The summed E-state index contributed by atoms with van der Waals surface area (Å²) in [5, 5.41) is 5.80. The summed E-state index contributed by atoms with van der Waals surface area (Å²) >= 11 is 0. The van der Waals surface area contributed by atoms with Crippen molar-refractivity contribution in [2.24, 2.45) is 5.92 Å². The SMILES string of the molecule is CC(=O)NC1COC2C(NC(=O)C3CC3)COC12. The van der Waals surface area contributed by atoms with E-state index in [4.69, 9.17) is 9.47 Å². The summed E-state index contributed by atoms with van der Waals surface area (Å²) in [7, 11) is 0. The summed E-state index contributed by atoms with van der Waals surface area (Å²) in [6.45, 7) is 2.39. The van der Waals surface area contributed by atoms with E-state index < -0.39 is 0 Å². The summed E-state index contributed by atoms with van der Waals surface area (Å²) in [6, 6.07) is -0.183. The normalized spacial score (nSPS) is 38.3. The maximum atomic E-state index is 11.7. The lowest BCUT2D eigenvalue weighted by molar-refractivity contribution is -0.123. The molecule has 0 spiro atoms.